The molecule has 0 aliphatic rings. The molecule has 0 fully saturated rings. The second-order valence-corrected chi connectivity index (χ2v) is 5.47. The summed E-state index contributed by atoms with van der Waals surface area (Å²) in [5.74, 6) is 0. The van der Waals surface area contributed by atoms with Gasteiger partial charge in [-0.25, -0.2) is 4.68 Å². The minimum absolute atomic E-state index is 0.675. The molecule has 0 saturated heterocycles. The van der Waals surface area contributed by atoms with Crippen LogP contribution < -0.4 is 0 Å². The van der Waals surface area contributed by atoms with Crippen LogP contribution in [0.25, 0.3) is 11.2 Å². The number of aromatic amines is 1. The summed E-state index contributed by atoms with van der Waals surface area (Å²) >= 11 is 5.49. The third kappa shape index (κ3) is 2.29. The van der Waals surface area contributed by atoms with Crippen LogP contribution in [0.15, 0.2) is 18.3 Å². The highest BCUT2D eigenvalue weighted by atomic mass is 32.1. The normalized spacial score (nSPS) is 11.4. The summed E-state index contributed by atoms with van der Waals surface area (Å²) < 4.78 is 4.81. The summed E-state index contributed by atoms with van der Waals surface area (Å²) in [5, 5.41) is 4.55. The number of nitrogens with zero attached hydrogens (tertiary/aromatic N) is 4. The second kappa shape index (κ2) is 5.44. The van der Waals surface area contributed by atoms with E-state index in [-0.39, 0.29) is 0 Å². The van der Waals surface area contributed by atoms with Gasteiger partial charge in [0.25, 0.3) is 0 Å². The van der Waals surface area contributed by atoms with Gasteiger partial charge in [-0.05, 0) is 44.1 Å². The van der Waals surface area contributed by atoms with Crippen molar-refractivity contribution in [2.75, 3.05) is 0 Å². The number of hydrogen-bond donors (Lipinski definition) is 1. The maximum absolute atomic E-state index is 5.49. The fourth-order valence-corrected chi connectivity index (χ4v) is 2.97. The zero-order valence-electron chi connectivity index (χ0n) is 12.6. The lowest BCUT2D eigenvalue weighted by atomic mass is 10.1. The molecule has 1 N–H and O–H groups in total. The van der Waals surface area contributed by atoms with E-state index in [0.717, 1.165) is 40.3 Å². The van der Waals surface area contributed by atoms with E-state index in [4.69, 9.17) is 12.2 Å². The van der Waals surface area contributed by atoms with Crippen LogP contribution in [-0.4, -0.2) is 24.3 Å². The molecule has 0 atom stereocenters. The van der Waals surface area contributed by atoms with E-state index in [2.05, 4.69) is 39.5 Å². The van der Waals surface area contributed by atoms with Gasteiger partial charge in [-0.1, -0.05) is 13.0 Å². The number of fused-ring (bicyclic) bond motifs is 1. The van der Waals surface area contributed by atoms with Crippen LogP contribution in [0.2, 0.25) is 0 Å². The zero-order valence-corrected chi connectivity index (χ0v) is 13.4. The predicted octanol–water partition coefficient (Wildman–Crippen LogP) is 3.23. The molecule has 0 unspecified atom stereocenters. The van der Waals surface area contributed by atoms with Crippen molar-refractivity contribution in [2.45, 2.75) is 40.3 Å². The molecule has 5 nitrogen and oxygen atoms in total. The molecule has 0 amide bonds. The molecule has 6 heteroatoms. The van der Waals surface area contributed by atoms with E-state index in [9.17, 15) is 0 Å². The van der Waals surface area contributed by atoms with Crippen LogP contribution in [0.5, 0.6) is 0 Å². The van der Waals surface area contributed by atoms with E-state index in [1.54, 1.807) is 0 Å². The number of aryl methyl sites for hydroxylation is 3. The molecule has 21 heavy (non-hydrogen) atoms. The number of pyridine rings is 1. The Morgan fingerprint density at radius 3 is 2.86 bits per heavy atom. The SMILES string of the molecule is CCc1cccnc1Cn1c(=S)[nH]c2c(C)nn(CC)c21. The first-order valence-corrected chi connectivity index (χ1v) is 7.65. The highest BCUT2D eigenvalue weighted by molar-refractivity contribution is 7.71. The van der Waals surface area contributed by atoms with E-state index < -0.39 is 0 Å². The van der Waals surface area contributed by atoms with Crippen molar-refractivity contribution < 1.29 is 0 Å². The van der Waals surface area contributed by atoms with Gasteiger partial charge in [0.1, 0.15) is 5.52 Å². The molecule has 3 rings (SSSR count). The average Bonchev–Trinajstić information content (AvgIpc) is 2.98. The Balaban J connectivity index is 2.16. The van der Waals surface area contributed by atoms with Crippen molar-refractivity contribution in [1.29, 1.82) is 0 Å². The Hall–Kier alpha value is -1.95. The van der Waals surface area contributed by atoms with Crippen LogP contribution in [0, 0.1) is 11.7 Å². The summed E-state index contributed by atoms with van der Waals surface area (Å²) in [5.41, 5.74) is 5.38. The molecule has 0 aliphatic carbocycles. The van der Waals surface area contributed by atoms with Crippen LogP contribution in [0.1, 0.15) is 30.8 Å². The molecule has 3 aromatic rings. The second-order valence-electron chi connectivity index (χ2n) is 5.08. The van der Waals surface area contributed by atoms with Crippen LogP contribution in [0.4, 0.5) is 0 Å². The van der Waals surface area contributed by atoms with Gasteiger partial charge < -0.3 is 4.98 Å². The highest BCUT2D eigenvalue weighted by Gasteiger charge is 2.15. The molecule has 0 radical (unpaired) electrons. The fraction of sp³-hybridized carbons (Fsp3) is 0.400. The first kappa shape index (κ1) is 14.0. The van der Waals surface area contributed by atoms with Gasteiger partial charge in [0.15, 0.2) is 10.4 Å². The lowest BCUT2D eigenvalue weighted by Gasteiger charge is -2.09. The standard InChI is InChI=1S/C15H19N5S/c1-4-11-7-6-8-16-12(11)9-19-14-13(17-15(19)21)10(3)18-20(14)5-2/h6-8H,4-5,9H2,1-3H3,(H,17,21). The zero-order chi connectivity index (χ0) is 15.0. The van der Waals surface area contributed by atoms with Crippen molar-refractivity contribution in [3.63, 3.8) is 0 Å². The van der Waals surface area contributed by atoms with E-state index in [0.29, 0.717) is 6.54 Å². The maximum atomic E-state index is 5.49. The number of rotatable bonds is 4. The third-order valence-electron chi connectivity index (χ3n) is 3.81. The Morgan fingerprint density at radius 2 is 2.14 bits per heavy atom. The largest absolute Gasteiger partial charge is 0.328 e. The molecule has 0 bridgehead atoms. The summed E-state index contributed by atoms with van der Waals surface area (Å²) in [6, 6.07) is 4.10. The van der Waals surface area contributed by atoms with Crippen molar-refractivity contribution in [2.24, 2.45) is 0 Å². The van der Waals surface area contributed by atoms with Crippen LogP contribution in [-0.2, 0) is 19.5 Å². The predicted molar refractivity (Wildman–Crippen MR) is 86.0 cm³/mol. The quantitative estimate of drug-likeness (QED) is 0.753. The van der Waals surface area contributed by atoms with Gasteiger partial charge in [-0.15, -0.1) is 0 Å². The molecule has 0 aliphatic heterocycles. The number of imidazole rings is 1. The molecule has 3 heterocycles. The van der Waals surface area contributed by atoms with Crippen molar-refractivity contribution in [1.82, 2.24) is 24.3 Å². The first-order valence-electron chi connectivity index (χ1n) is 7.24. The number of aromatic nitrogens is 5. The van der Waals surface area contributed by atoms with Gasteiger partial charge in [-0.3, -0.25) is 9.55 Å². The Morgan fingerprint density at radius 1 is 1.33 bits per heavy atom. The molecular weight excluding hydrogens is 282 g/mol. The molecule has 0 saturated carbocycles. The van der Waals surface area contributed by atoms with Crippen molar-refractivity contribution in [3.05, 3.63) is 40.1 Å². The summed E-state index contributed by atoms with van der Waals surface area (Å²) in [6.45, 7) is 7.73. The Labute approximate surface area is 128 Å². The lowest BCUT2D eigenvalue weighted by molar-refractivity contribution is 0.639. The summed E-state index contributed by atoms with van der Waals surface area (Å²) in [6.07, 6.45) is 2.81. The summed E-state index contributed by atoms with van der Waals surface area (Å²) in [7, 11) is 0. The first-order chi connectivity index (χ1) is 10.2. The van der Waals surface area contributed by atoms with Gasteiger partial charge in [-0.2, -0.15) is 5.10 Å². The lowest BCUT2D eigenvalue weighted by Crippen LogP contribution is -2.09. The third-order valence-corrected chi connectivity index (χ3v) is 4.13. The van der Waals surface area contributed by atoms with E-state index >= 15 is 0 Å². The fourth-order valence-electron chi connectivity index (χ4n) is 2.71. The molecule has 3 aromatic heterocycles. The van der Waals surface area contributed by atoms with Crippen LogP contribution >= 0.6 is 12.2 Å². The highest BCUT2D eigenvalue weighted by Crippen LogP contribution is 2.20. The molecule has 110 valence electrons. The topological polar surface area (TPSA) is 51.4 Å². The summed E-state index contributed by atoms with van der Waals surface area (Å²) in [4.78, 5) is 7.80. The maximum Gasteiger partial charge on any atom is 0.179 e. The average molecular weight is 301 g/mol. The molecule has 0 spiro atoms. The van der Waals surface area contributed by atoms with Gasteiger partial charge in [0, 0.05) is 12.7 Å². The van der Waals surface area contributed by atoms with Gasteiger partial charge in [0.2, 0.25) is 0 Å². The number of H-pyrrole nitrogens is 1. The number of nitrogens with one attached hydrogen (secondary N) is 1. The monoisotopic (exact) mass is 301 g/mol. The van der Waals surface area contributed by atoms with Gasteiger partial charge >= 0.3 is 0 Å². The number of hydrogen-bond acceptors (Lipinski definition) is 3. The molecular formula is C15H19N5S. The smallest absolute Gasteiger partial charge is 0.179 e. The molecule has 0 aromatic carbocycles. The van der Waals surface area contributed by atoms with Crippen LogP contribution in [0.3, 0.4) is 0 Å². The minimum Gasteiger partial charge on any atom is -0.328 e. The van der Waals surface area contributed by atoms with Crippen molar-refractivity contribution >= 4 is 23.4 Å². The minimum atomic E-state index is 0.675. The van der Waals surface area contributed by atoms with E-state index in [1.807, 2.05) is 23.9 Å². The Kier molecular flexibility index (Phi) is 3.63. The van der Waals surface area contributed by atoms with Gasteiger partial charge in [0.05, 0.1) is 17.9 Å². The Bertz CT molecular complexity index is 839. The van der Waals surface area contributed by atoms with Crippen molar-refractivity contribution in [3.8, 4) is 0 Å². The van der Waals surface area contributed by atoms with E-state index in [1.165, 1.54) is 5.56 Å².